The minimum Gasteiger partial charge on any atom is -0.366 e. The Morgan fingerprint density at radius 3 is 2.59 bits per heavy atom. The number of hydrogen-bond acceptors (Lipinski definition) is 2. The van der Waals surface area contributed by atoms with Gasteiger partial charge in [0, 0.05) is 17.1 Å². The molecule has 1 aromatic heterocycles. The monoisotopic (exact) mass is 245 g/mol. The van der Waals surface area contributed by atoms with Gasteiger partial charge in [0.2, 0.25) is 0 Å². The van der Waals surface area contributed by atoms with Crippen LogP contribution < -0.4 is 4.90 Å². The van der Waals surface area contributed by atoms with Gasteiger partial charge in [0.1, 0.15) is 0 Å². The highest BCUT2D eigenvalue weighted by molar-refractivity contribution is 7.09. The highest BCUT2D eigenvalue weighted by Gasteiger charge is 2.08. The first kappa shape index (κ1) is 12.2. The molecule has 0 atom stereocenters. The van der Waals surface area contributed by atoms with Gasteiger partial charge in [0.25, 0.3) is 0 Å². The zero-order chi connectivity index (χ0) is 12.1. The quantitative estimate of drug-likeness (QED) is 0.751. The van der Waals surface area contributed by atoms with E-state index in [1.165, 1.54) is 22.5 Å². The average Bonchev–Trinajstić information content (AvgIpc) is 2.82. The lowest BCUT2D eigenvalue weighted by molar-refractivity contribution is 0.771. The van der Waals surface area contributed by atoms with Gasteiger partial charge in [0.05, 0.1) is 6.54 Å². The number of benzene rings is 1. The van der Waals surface area contributed by atoms with Gasteiger partial charge < -0.3 is 4.90 Å². The van der Waals surface area contributed by atoms with E-state index in [1.54, 1.807) is 0 Å². The molecule has 0 saturated carbocycles. The Hall–Kier alpha value is -1.28. The highest BCUT2D eigenvalue weighted by Crippen LogP contribution is 2.23. The maximum atomic E-state index is 2.47. The Kier molecular flexibility index (Phi) is 4.21. The minimum absolute atomic E-state index is 1.02. The molecule has 2 heteroatoms. The summed E-state index contributed by atoms with van der Waals surface area (Å²) in [6.45, 7) is 6.56. The fourth-order valence-electron chi connectivity index (χ4n) is 2.06. The molecule has 2 aromatic rings. The lowest BCUT2D eigenvalue weighted by atomic mass is 10.1. The first-order chi connectivity index (χ1) is 8.31. The van der Waals surface area contributed by atoms with Crippen LogP contribution in [0.25, 0.3) is 0 Å². The number of anilines is 1. The van der Waals surface area contributed by atoms with Crippen LogP contribution in [0.4, 0.5) is 5.69 Å². The molecule has 0 fully saturated rings. The van der Waals surface area contributed by atoms with E-state index < -0.39 is 0 Å². The summed E-state index contributed by atoms with van der Waals surface area (Å²) in [6.07, 6.45) is 1.18. The molecule has 1 nitrogen and oxygen atoms in total. The van der Waals surface area contributed by atoms with Gasteiger partial charge in [-0.05, 0) is 36.4 Å². The Balaban J connectivity index is 2.20. The van der Waals surface area contributed by atoms with E-state index in [2.05, 4.69) is 60.5 Å². The van der Waals surface area contributed by atoms with Crippen LogP contribution in [0.5, 0.6) is 0 Å². The number of aryl methyl sites for hydroxylation is 1. The van der Waals surface area contributed by atoms with Crippen molar-refractivity contribution in [2.24, 2.45) is 0 Å². The van der Waals surface area contributed by atoms with Crippen molar-refractivity contribution in [3.8, 4) is 0 Å². The van der Waals surface area contributed by atoms with Gasteiger partial charge in [-0.2, -0.15) is 0 Å². The number of hydrogen-bond donors (Lipinski definition) is 0. The van der Waals surface area contributed by atoms with E-state index in [0.717, 1.165) is 13.1 Å². The molecular formula is C15H19NS. The van der Waals surface area contributed by atoms with E-state index >= 15 is 0 Å². The lowest BCUT2D eigenvalue weighted by Gasteiger charge is -2.25. The summed E-state index contributed by atoms with van der Waals surface area (Å²) in [6, 6.07) is 13.0. The van der Waals surface area contributed by atoms with Crippen molar-refractivity contribution in [3.05, 3.63) is 52.2 Å². The zero-order valence-electron chi connectivity index (χ0n) is 10.5. The van der Waals surface area contributed by atoms with Crippen LogP contribution in [0.15, 0.2) is 41.8 Å². The zero-order valence-corrected chi connectivity index (χ0v) is 11.3. The van der Waals surface area contributed by atoms with E-state index in [0.29, 0.717) is 0 Å². The van der Waals surface area contributed by atoms with Crippen LogP contribution in [-0.4, -0.2) is 6.54 Å². The van der Waals surface area contributed by atoms with Crippen LogP contribution >= 0.6 is 11.3 Å². The Bertz CT molecular complexity index is 448. The van der Waals surface area contributed by atoms with Gasteiger partial charge in [0.15, 0.2) is 0 Å². The minimum atomic E-state index is 1.02. The Morgan fingerprint density at radius 2 is 1.94 bits per heavy atom. The second-order valence-electron chi connectivity index (χ2n) is 4.29. The molecular weight excluding hydrogens is 226 g/mol. The van der Waals surface area contributed by atoms with Gasteiger partial charge in [-0.25, -0.2) is 0 Å². The van der Waals surface area contributed by atoms with E-state index in [-0.39, 0.29) is 0 Å². The smallest absolute Gasteiger partial charge is 0.0522 e. The average molecular weight is 245 g/mol. The summed E-state index contributed by atoms with van der Waals surface area (Å²) in [5.41, 5.74) is 2.72. The van der Waals surface area contributed by atoms with Crippen molar-refractivity contribution in [2.75, 3.05) is 11.4 Å². The molecule has 0 unspecified atom stereocenters. The normalized spacial score (nSPS) is 10.5. The number of nitrogens with zero attached hydrogens (tertiary/aromatic N) is 1. The Labute approximate surface area is 108 Å². The topological polar surface area (TPSA) is 3.24 Å². The van der Waals surface area contributed by atoms with Crippen LogP contribution in [0.1, 0.15) is 23.8 Å². The van der Waals surface area contributed by atoms with E-state index in [4.69, 9.17) is 0 Å². The van der Waals surface area contributed by atoms with E-state index in [9.17, 15) is 0 Å². The van der Waals surface area contributed by atoms with Crippen LogP contribution in [0.2, 0.25) is 0 Å². The second kappa shape index (κ2) is 5.87. The first-order valence-corrected chi connectivity index (χ1v) is 7.02. The van der Waals surface area contributed by atoms with Crippen molar-refractivity contribution < 1.29 is 0 Å². The molecule has 0 aliphatic rings. The van der Waals surface area contributed by atoms with Crippen molar-refractivity contribution in [1.82, 2.24) is 0 Å². The van der Waals surface area contributed by atoms with Crippen molar-refractivity contribution in [2.45, 2.75) is 26.8 Å². The summed E-state index contributed by atoms with van der Waals surface area (Å²) in [5.74, 6) is 0. The predicted octanol–water partition coefficient (Wildman–Crippen LogP) is 4.47. The van der Waals surface area contributed by atoms with E-state index in [1.807, 2.05) is 11.3 Å². The van der Waals surface area contributed by atoms with Gasteiger partial charge in [-0.15, -0.1) is 11.3 Å². The number of rotatable bonds is 5. The van der Waals surface area contributed by atoms with Crippen LogP contribution in [-0.2, 0) is 6.54 Å². The highest BCUT2D eigenvalue weighted by atomic mass is 32.1. The summed E-state index contributed by atoms with van der Waals surface area (Å²) in [4.78, 5) is 3.91. The number of para-hydroxylation sites is 1. The molecule has 90 valence electrons. The molecule has 0 saturated heterocycles. The van der Waals surface area contributed by atoms with Gasteiger partial charge in [-0.3, -0.25) is 0 Å². The summed E-state index contributed by atoms with van der Waals surface area (Å²) in [5, 5.41) is 2.15. The van der Waals surface area contributed by atoms with Crippen molar-refractivity contribution in [3.63, 3.8) is 0 Å². The molecule has 1 heterocycles. The molecule has 2 rings (SSSR count). The molecule has 0 bridgehead atoms. The second-order valence-corrected chi connectivity index (χ2v) is 5.32. The van der Waals surface area contributed by atoms with Crippen molar-refractivity contribution >= 4 is 17.0 Å². The maximum Gasteiger partial charge on any atom is 0.0522 e. The molecule has 0 radical (unpaired) electrons. The molecule has 0 amide bonds. The Morgan fingerprint density at radius 1 is 1.12 bits per heavy atom. The predicted molar refractivity (Wildman–Crippen MR) is 76.8 cm³/mol. The van der Waals surface area contributed by atoms with Crippen molar-refractivity contribution in [1.29, 1.82) is 0 Å². The molecule has 0 aliphatic carbocycles. The number of thiophene rings is 1. The summed E-state index contributed by atoms with van der Waals surface area (Å²) < 4.78 is 0. The fraction of sp³-hybridized carbons (Fsp3) is 0.333. The summed E-state index contributed by atoms with van der Waals surface area (Å²) >= 11 is 1.84. The van der Waals surface area contributed by atoms with Gasteiger partial charge in [-0.1, -0.05) is 31.2 Å². The fourth-order valence-corrected chi connectivity index (χ4v) is 2.78. The molecule has 0 N–H and O–H groups in total. The lowest BCUT2D eigenvalue weighted by Crippen LogP contribution is -2.23. The first-order valence-electron chi connectivity index (χ1n) is 6.14. The maximum absolute atomic E-state index is 2.47. The molecule has 0 spiro atoms. The van der Waals surface area contributed by atoms with Crippen LogP contribution in [0, 0.1) is 6.92 Å². The third kappa shape index (κ3) is 3.10. The third-order valence-electron chi connectivity index (χ3n) is 2.88. The molecule has 0 aliphatic heterocycles. The largest absolute Gasteiger partial charge is 0.366 e. The summed E-state index contributed by atoms with van der Waals surface area (Å²) in [7, 11) is 0. The third-order valence-corrected chi connectivity index (χ3v) is 3.74. The SMILES string of the molecule is CCCN(Cc1cccs1)c1ccccc1C. The van der Waals surface area contributed by atoms with Gasteiger partial charge >= 0.3 is 0 Å². The molecule has 17 heavy (non-hydrogen) atoms. The standard InChI is InChI=1S/C15H19NS/c1-3-10-16(12-14-8-6-11-17-14)15-9-5-4-7-13(15)2/h4-9,11H,3,10,12H2,1-2H3. The van der Waals surface area contributed by atoms with Crippen LogP contribution in [0.3, 0.4) is 0 Å². The molecule has 1 aromatic carbocycles.